The average molecular weight is 327 g/mol. The highest BCUT2D eigenvalue weighted by Crippen LogP contribution is 2.28. The molecule has 112 valence electrons. The van der Waals surface area contributed by atoms with Crippen molar-refractivity contribution in [2.24, 2.45) is 0 Å². The van der Waals surface area contributed by atoms with Crippen molar-refractivity contribution in [3.8, 4) is 5.75 Å². The molecule has 0 unspecified atom stereocenters. The summed E-state index contributed by atoms with van der Waals surface area (Å²) in [5.74, 6) is 0.405. The summed E-state index contributed by atoms with van der Waals surface area (Å²) >= 11 is 5.91. The molecule has 5 nitrogen and oxygen atoms in total. The molecular weight excluding hydrogens is 312 g/mol. The standard InChI is InChI=1S/C14H15ClN2O3S/c1-16-10-3-6-12(7-4-10)21(18,19)17-11-5-8-13(15)14(9-11)20-2/h3-9,16-17H,1-2H3. The lowest BCUT2D eigenvalue weighted by Gasteiger charge is -2.10. The first-order valence-corrected chi connectivity index (χ1v) is 7.96. The summed E-state index contributed by atoms with van der Waals surface area (Å²) in [5, 5.41) is 3.35. The number of sulfonamides is 1. The van der Waals surface area contributed by atoms with Crippen LogP contribution in [0.4, 0.5) is 11.4 Å². The van der Waals surface area contributed by atoms with Crippen LogP contribution < -0.4 is 14.8 Å². The SMILES string of the molecule is CNc1ccc(S(=O)(=O)Nc2ccc(Cl)c(OC)c2)cc1. The maximum atomic E-state index is 12.3. The first-order valence-electron chi connectivity index (χ1n) is 6.10. The largest absolute Gasteiger partial charge is 0.495 e. The van der Waals surface area contributed by atoms with Gasteiger partial charge in [-0.2, -0.15) is 0 Å². The minimum Gasteiger partial charge on any atom is -0.495 e. The summed E-state index contributed by atoms with van der Waals surface area (Å²) in [6.07, 6.45) is 0. The molecule has 21 heavy (non-hydrogen) atoms. The van der Waals surface area contributed by atoms with Crippen LogP contribution in [0.1, 0.15) is 0 Å². The molecule has 0 aliphatic heterocycles. The first kappa shape index (κ1) is 15.5. The molecule has 0 heterocycles. The number of methoxy groups -OCH3 is 1. The van der Waals surface area contributed by atoms with Crippen molar-refractivity contribution in [1.82, 2.24) is 0 Å². The Morgan fingerprint density at radius 1 is 1.05 bits per heavy atom. The van der Waals surface area contributed by atoms with Crippen molar-refractivity contribution in [3.05, 3.63) is 47.5 Å². The van der Waals surface area contributed by atoms with E-state index in [0.29, 0.717) is 16.5 Å². The number of hydrogen-bond acceptors (Lipinski definition) is 4. The summed E-state index contributed by atoms with van der Waals surface area (Å²) in [6, 6.07) is 11.1. The Morgan fingerprint density at radius 2 is 1.67 bits per heavy atom. The van der Waals surface area contributed by atoms with Gasteiger partial charge in [0.25, 0.3) is 10.0 Å². The van der Waals surface area contributed by atoms with Gasteiger partial charge in [0.1, 0.15) is 5.75 Å². The molecule has 0 spiro atoms. The molecule has 0 bridgehead atoms. The van der Waals surface area contributed by atoms with Crippen LogP contribution >= 0.6 is 11.6 Å². The fourth-order valence-electron chi connectivity index (χ4n) is 1.74. The maximum Gasteiger partial charge on any atom is 0.261 e. The lowest BCUT2D eigenvalue weighted by molar-refractivity contribution is 0.415. The smallest absolute Gasteiger partial charge is 0.261 e. The van der Waals surface area contributed by atoms with Gasteiger partial charge < -0.3 is 10.1 Å². The van der Waals surface area contributed by atoms with E-state index in [-0.39, 0.29) is 4.90 Å². The predicted octanol–water partition coefficient (Wildman–Crippen LogP) is 3.19. The van der Waals surface area contributed by atoms with Crippen LogP contribution in [0.15, 0.2) is 47.4 Å². The van der Waals surface area contributed by atoms with Crippen molar-refractivity contribution < 1.29 is 13.2 Å². The van der Waals surface area contributed by atoms with Crippen LogP contribution in [0.5, 0.6) is 5.75 Å². The van der Waals surface area contributed by atoms with Gasteiger partial charge in [0.15, 0.2) is 0 Å². The number of halogens is 1. The average Bonchev–Trinajstić information content (AvgIpc) is 2.49. The zero-order valence-electron chi connectivity index (χ0n) is 11.6. The van der Waals surface area contributed by atoms with Crippen LogP contribution in [0, 0.1) is 0 Å². The maximum absolute atomic E-state index is 12.3. The van der Waals surface area contributed by atoms with Crippen LogP contribution in [0.3, 0.4) is 0 Å². The third kappa shape index (κ3) is 3.59. The Hall–Kier alpha value is -1.92. The number of ether oxygens (including phenoxy) is 1. The van der Waals surface area contributed by atoms with Crippen molar-refractivity contribution in [2.75, 3.05) is 24.2 Å². The number of rotatable bonds is 5. The predicted molar refractivity (Wildman–Crippen MR) is 84.8 cm³/mol. The van der Waals surface area contributed by atoms with Crippen molar-refractivity contribution in [1.29, 1.82) is 0 Å². The molecule has 2 rings (SSSR count). The van der Waals surface area contributed by atoms with E-state index in [1.165, 1.54) is 25.3 Å². The summed E-state index contributed by atoms with van der Waals surface area (Å²) in [4.78, 5) is 0.176. The van der Waals surface area contributed by atoms with Crippen LogP contribution in [-0.2, 0) is 10.0 Å². The third-order valence-corrected chi connectivity index (χ3v) is 4.57. The van der Waals surface area contributed by atoms with Crippen LogP contribution in [0.2, 0.25) is 5.02 Å². The molecule has 0 saturated carbocycles. The molecule has 0 saturated heterocycles. The summed E-state index contributed by atoms with van der Waals surface area (Å²) < 4.78 is 32.1. The van der Waals surface area contributed by atoms with Gasteiger partial charge in [-0.25, -0.2) is 8.42 Å². The minimum absolute atomic E-state index is 0.176. The highest BCUT2D eigenvalue weighted by atomic mass is 35.5. The molecule has 0 aromatic heterocycles. The Balaban J connectivity index is 2.28. The topological polar surface area (TPSA) is 67.4 Å². The molecule has 0 atom stereocenters. The molecule has 2 aromatic rings. The van der Waals surface area contributed by atoms with E-state index < -0.39 is 10.0 Å². The quantitative estimate of drug-likeness (QED) is 0.885. The Bertz CT molecular complexity index is 730. The van der Waals surface area contributed by atoms with Crippen molar-refractivity contribution in [2.45, 2.75) is 4.90 Å². The van der Waals surface area contributed by atoms with Crippen molar-refractivity contribution in [3.63, 3.8) is 0 Å². The van der Waals surface area contributed by atoms with E-state index in [9.17, 15) is 8.42 Å². The fraction of sp³-hybridized carbons (Fsp3) is 0.143. The summed E-state index contributed by atoms with van der Waals surface area (Å²) in [6.45, 7) is 0. The number of benzene rings is 2. The van der Waals surface area contributed by atoms with Gasteiger partial charge in [-0.15, -0.1) is 0 Å². The molecule has 0 amide bonds. The van der Waals surface area contributed by atoms with Gasteiger partial charge >= 0.3 is 0 Å². The second-order valence-corrected chi connectivity index (χ2v) is 6.32. The third-order valence-electron chi connectivity index (χ3n) is 2.86. The lowest BCUT2D eigenvalue weighted by atomic mass is 10.3. The van der Waals surface area contributed by atoms with E-state index in [2.05, 4.69) is 10.0 Å². The molecular formula is C14H15ClN2O3S. The van der Waals surface area contributed by atoms with E-state index in [0.717, 1.165) is 5.69 Å². The fourth-order valence-corrected chi connectivity index (χ4v) is 2.98. The number of hydrogen-bond donors (Lipinski definition) is 2. The first-order chi connectivity index (χ1) is 9.96. The number of nitrogens with one attached hydrogen (secondary N) is 2. The van der Waals surface area contributed by atoms with Crippen LogP contribution in [0.25, 0.3) is 0 Å². The van der Waals surface area contributed by atoms with Gasteiger partial charge in [0.05, 0.1) is 22.7 Å². The molecule has 0 aliphatic carbocycles. The molecule has 0 aliphatic rings. The molecule has 0 fully saturated rings. The second-order valence-electron chi connectivity index (χ2n) is 4.23. The molecule has 0 radical (unpaired) electrons. The van der Waals surface area contributed by atoms with E-state index in [4.69, 9.17) is 16.3 Å². The normalized spacial score (nSPS) is 11.0. The summed E-state index contributed by atoms with van der Waals surface area (Å²) in [5.41, 5.74) is 1.22. The monoisotopic (exact) mass is 326 g/mol. The lowest BCUT2D eigenvalue weighted by Crippen LogP contribution is -2.13. The highest BCUT2D eigenvalue weighted by molar-refractivity contribution is 7.92. The molecule has 7 heteroatoms. The molecule has 2 aromatic carbocycles. The number of anilines is 2. The van der Waals surface area contributed by atoms with Crippen molar-refractivity contribution >= 4 is 33.0 Å². The Morgan fingerprint density at radius 3 is 2.24 bits per heavy atom. The Kier molecular flexibility index (Phi) is 4.59. The zero-order valence-corrected chi connectivity index (χ0v) is 13.1. The van der Waals surface area contributed by atoms with Gasteiger partial charge in [-0.3, -0.25) is 4.72 Å². The second kappa shape index (κ2) is 6.24. The zero-order chi connectivity index (χ0) is 15.5. The van der Waals surface area contributed by atoms with E-state index in [1.54, 1.807) is 31.3 Å². The van der Waals surface area contributed by atoms with E-state index >= 15 is 0 Å². The minimum atomic E-state index is -3.65. The van der Waals surface area contributed by atoms with Gasteiger partial charge in [0, 0.05) is 18.8 Å². The van der Waals surface area contributed by atoms with Crippen LogP contribution in [-0.4, -0.2) is 22.6 Å². The Labute approximate surface area is 128 Å². The van der Waals surface area contributed by atoms with Gasteiger partial charge in [0.2, 0.25) is 0 Å². The molecule has 2 N–H and O–H groups in total. The van der Waals surface area contributed by atoms with Gasteiger partial charge in [-0.1, -0.05) is 11.6 Å². The summed E-state index contributed by atoms with van der Waals surface area (Å²) in [7, 11) is -0.419. The van der Waals surface area contributed by atoms with Gasteiger partial charge in [-0.05, 0) is 36.4 Å². The highest BCUT2D eigenvalue weighted by Gasteiger charge is 2.14. The van der Waals surface area contributed by atoms with E-state index in [1.807, 2.05) is 0 Å².